The fraction of sp³-hybridized carbons (Fsp3) is 0.0500. The predicted octanol–water partition coefficient (Wildman–Crippen LogP) is 4.90. The lowest BCUT2D eigenvalue weighted by atomic mass is 10.0. The highest BCUT2D eigenvalue weighted by molar-refractivity contribution is 8.01. The van der Waals surface area contributed by atoms with Crippen molar-refractivity contribution in [3.8, 4) is 0 Å². The summed E-state index contributed by atoms with van der Waals surface area (Å²) in [5.41, 5.74) is 1.55. The van der Waals surface area contributed by atoms with Crippen molar-refractivity contribution >= 4 is 51.5 Å². The summed E-state index contributed by atoms with van der Waals surface area (Å²) < 4.78 is 0.726. The Morgan fingerprint density at radius 2 is 2.00 bits per heavy atom. The second-order valence-corrected chi connectivity index (χ2v) is 7.95. The Morgan fingerprint density at radius 1 is 1.21 bits per heavy atom. The minimum Gasteiger partial charge on any atom is -0.296 e. The molecule has 0 radical (unpaired) electrons. The fourth-order valence-corrected chi connectivity index (χ4v) is 3.91. The molecule has 0 saturated carbocycles. The molecule has 0 aliphatic carbocycles. The van der Waals surface area contributed by atoms with Gasteiger partial charge >= 0.3 is 0 Å². The number of carbonyl (C=O) groups is 1. The van der Waals surface area contributed by atoms with Crippen molar-refractivity contribution in [3.63, 3.8) is 0 Å². The number of amides is 1. The number of nitrogens with zero attached hydrogens (tertiary/aromatic N) is 3. The van der Waals surface area contributed by atoms with Crippen LogP contribution < -0.4 is 5.32 Å². The molecule has 7 nitrogen and oxygen atoms in total. The van der Waals surface area contributed by atoms with Crippen LogP contribution in [-0.4, -0.2) is 26.8 Å². The molecule has 0 fully saturated rings. The van der Waals surface area contributed by atoms with Crippen molar-refractivity contribution in [2.75, 3.05) is 11.1 Å². The molecule has 2 aromatic carbocycles. The van der Waals surface area contributed by atoms with E-state index in [1.54, 1.807) is 36.4 Å². The van der Waals surface area contributed by atoms with E-state index >= 15 is 0 Å². The molecular formula is C20H16N4O3S2. The molecule has 0 aliphatic heterocycles. The Morgan fingerprint density at radius 3 is 2.72 bits per heavy atom. The van der Waals surface area contributed by atoms with Gasteiger partial charge in [-0.3, -0.25) is 20.2 Å². The molecule has 1 amide bonds. The lowest BCUT2D eigenvalue weighted by Gasteiger charge is -2.08. The number of aromatic nitrogens is 2. The average Bonchev–Trinajstić information content (AvgIpc) is 3.18. The van der Waals surface area contributed by atoms with Crippen molar-refractivity contribution in [2.45, 2.75) is 4.34 Å². The number of hydrogen-bond donors (Lipinski definition) is 1. The van der Waals surface area contributed by atoms with Gasteiger partial charge in [0.1, 0.15) is 0 Å². The van der Waals surface area contributed by atoms with Crippen molar-refractivity contribution in [1.29, 1.82) is 0 Å². The molecular weight excluding hydrogens is 408 g/mol. The van der Waals surface area contributed by atoms with E-state index in [0.717, 1.165) is 4.34 Å². The predicted molar refractivity (Wildman–Crippen MR) is 117 cm³/mol. The number of rotatable bonds is 8. The standard InChI is InChI=1S/C20H16N4O3S2/c1-2-11-28-20-23-22-19(29-20)21-18(25)17(15-8-4-3-5-9-15)13-14-7-6-10-16(12-14)24(26)27/h2-10,12-13H,1,11H2,(H,21,22,25)/b17-13+. The lowest BCUT2D eigenvalue weighted by molar-refractivity contribution is -0.384. The number of non-ortho nitro benzene ring substituents is 1. The quantitative estimate of drug-likeness (QED) is 0.105. The highest BCUT2D eigenvalue weighted by Crippen LogP contribution is 2.27. The molecule has 0 unspecified atom stereocenters. The van der Waals surface area contributed by atoms with Crippen LogP contribution in [0.1, 0.15) is 11.1 Å². The summed E-state index contributed by atoms with van der Waals surface area (Å²) in [6.45, 7) is 3.66. The normalized spacial score (nSPS) is 11.1. The maximum Gasteiger partial charge on any atom is 0.270 e. The van der Waals surface area contributed by atoms with Crippen LogP contribution in [0.5, 0.6) is 0 Å². The number of thioether (sulfide) groups is 1. The van der Waals surface area contributed by atoms with Crippen LogP contribution in [0.25, 0.3) is 11.6 Å². The van der Waals surface area contributed by atoms with Crippen LogP contribution in [-0.2, 0) is 4.79 Å². The molecule has 1 N–H and O–H groups in total. The van der Waals surface area contributed by atoms with E-state index in [-0.39, 0.29) is 11.6 Å². The van der Waals surface area contributed by atoms with E-state index in [1.807, 2.05) is 18.2 Å². The molecule has 9 heteroatoms. The molecule has 29 heavy (non-hydrogen) atoms. The Labute approximate surface area is 175 Å². The van der Waals surface area contributed by atoms with Crippen LogP contribution in [0.2, 0.25) is 0 Å². The van der Waals surface area contributed by atoms with Crippen LogP contribution in [0.4, 0.5) is 10.8 Å². The Bertz CT molecular complexity index is 1060. The molecule has 3 aromatic rings. The van der Waals surface area contributed by atoms with Gasteiger partial charge in [-0.15, -0.1) is 16.8 Å². The summed E-state index contributed by atoms with van der Waals surface area (Å²) in [5.74, 6) is 0.323. The minimum atomic E-state index is -0.469. The highest BCUT2D eigenvalue weighted by atomic mass is 32.2. The zero-order chi connectivity index (χ0) is 20.6. The largest absolute Gasteiger partial charge is 0.296 e. The SMILES string of the molecule is C=CCSc1nnc(NC(=O)/C(=C/c2cccc([N+](=O)[O-])c2)c2ccccc2)s1. The monoisotopic (exact) mass is 424 g/mol. The van der Waals surface area contributed by atoms with Crippen LogP contribution in [0, 0.1) is 10.1 Å². The smallest absolute Gasteiger partial charge is 0.270 e. The van der Waals surface area contributed by atoms with E-state index in [1.165, 1.54) is 35.2 Å². The third-order valence-electron chi connectivity index (χ3n) is 3.67. The van der Waals surface area contributed by atoms with Gasteiger partial charge in [-0.05, 0) is 17.2 Å². The fourth-order valence-electron chi connectivity index (χ4n) is 2.41. The van der Waals surface area contributed by atoms with E-state index in [0.29, 0.717) is 27.6 Å². The molecule has 0 aliphatic rings. The number of nitro groups is 1. The number of benzene rings is 2. The van der Waals surface area contributed by atoms with Crippen LogP contribution in [0.3, 0.4) is 0 Å². The molecule has 1 aromatic heterocycles. The number of anilines is 1. The zero-order valence-corrected chi connectivity index (χ0v) is 16.8. The third-order valence-corrected chi connectivity index (χ3v) is 5.64. The molecule has 0 spiro atoms. The van der Waals surface area contributed by atoms with Gasteiger partial charge in [-0.2, -0.15) is 0 Å². The molecule has 146 valence electrons. The van der Waals surface area contributed by atoms with Crippen LogP contribution >= 0.6 is 23.1 Å². The van der Waals surface area contributed by atoms with Gasteiger partial charge in [0, 0.05) is 23.5 Å². The topological polar surface area (TPSA) is 98.0 Å². The van der Waals surface area contributed by atoms with Gasteiger partial charge < -0.3 is 0 Å². The Balaban J connectivity index is 1.90. The van der Waals surface area contributed by atoms with E-state index in [2.05, 4.69) is 22.1 Å². The van der Waals surface area contributed by atoms with Crippen LogP contribution in [0.15, 0.2) is 71.6 Å². The van der Waals surface area contributed by atoms with E-state index in [9.17, 15) is 14.9 Å². The summed E-state index contributed by atoms with van der Waals surface area (Å²) in [4.78, 5) is 23.5. The number of carbonyl (C=O) groups excluding carboxylic acids is 1. The summed E-state index contributed by atoms with van der Waals surface area (Å²) in [6, 6.07) is 15.2. The maximum atomic E-state index is 13.0. The first-order valence-electron chi connectivity index (χ1n) is 8.47. The van der Waals surface area contributed by atoms with Crippen molar-refractivity contribution < 1.29 is 9.72 Å². The molecule has 0 saturated heterocycles. The van der Waals surface area contributed by atoms with Crippen molar-refractivity contribution in [3.05, 3.63) is 88.5 Å². The molecule has 3 rings (SSSR count). The first-order valence-corrected chi connectivity index (χ1v) is 10.3. The summed E-state index contributed by atoms with van der Waals surface area (Å²) in [7, 11) is 0. The molecule has 0 atom stereocenters. The van der Waals surface area contributed by atoms with Gasteiger partial charge in [0.05, 0.1) is 4.92 Å². The summed E-state index contributed by atoms with van der Waals surface area (Å²) >= 11 is 2.75. The second kappa shape index (κ2) is 9.76. The molecule has 0 bridgehead atoms. The van der Waals surface area contributed by atoms with Gasteiger partial charge in [0.2, 0.25) is 5.13 Å². The maximum absolute atomic E-state index is 13.0. The average molecular weight is 425 g/mol. The lowest BCUT2D eigenvalue weighted by Crippen LogP contribution is -2.13. The molecule has 1 heterocycles. The van der Waals surface area contributed by atoms with E-state index < -0.39 is 4.92 Å². The number of hydrogen-bond acceptors (Lipinski definition) is 7. The number of nitro benzene ring substituents is 1. The second-order valence-electron chi connectivity index (χ2n) is 5.70. The third kappa shape index (κ3) is 5.59. The summed E-state index contributed by atoms with van der Waals surface area (Å²) in [5, 5.41) is 22.2. The van der Waals surface area contributed by atoms with Crippen molar-refractivity contribution in [1.82, 2.24) is 10.2 Å². The Hall–Kier alpha value is -3.30. The zero-order valence-electron chi connectivity index (χ0n) is 15.1. The van der Waals surface area contributed by atoms with E-state index in [4.69, 9.17) is 0 Å². The Kier molecular flexibility index (Phi) is 6.88. The summed E-state index contributed by atoms with van der Waals surface area (Å²) in [6.07, 6.45) is 3.38. The first kappa shape index (κ1) is 20.4. The van der Waals surface area contributed by atoms with Crippen molar-refractivity contribution in [2.24, 2.45) is 0 Å². The van der Waals surface area contributed by atoms with Gasteiger partial charge in [-0.25, -0.2) is 0 Å². The minimum absolute atomic E-state index is 0.0421. The van der Waals surface area contributed by atoms with Gasteiger partial charge in [-0.1, -0.05) is 71.6 Å². The highest BCUT2D eigenvalue weighted by Gasteiger charge is 2.16. The van der Waals surface area contributed by atoms with Gasteiger partial charge in [0.15, 0.2) is 4.34 Å². The van der Waals surface area contributed by atoms with Gasteiger partial charge in [0.25, 0.3) is 11.6 Å². The first-order chi connectivity index (χ1) is 14.1. The number of nitrogens with one attached hydrogen (secondary N) is 1.